The number of piperazine rings is 1. The minimum atomic E-state index is -3.50. The van der Waals surface area contributed by atoms with Crippen LogP contribution in [0.1, 0.15) is 24.5 Å². The third-order valence-corrected chi connectivity index (χ3v) is 7.88. The van der Waals surface area contributed by atoms with Gasteiger partial charge in [-0.25, -0.2) is 8.42 Å². The Balaban J connectivity index is 1.35. The summed E-state index contributed by atoms with van der Waals surface area (Å²) in [5, 5.41) is 0. The van der Waals surface area contributed by atoms with Gasteiger partial charge in [-0.15, -0.1) is 0 Å². The van der Waals surface area contributed by atoms with Crippen LogP contribution in [0.15, 0.2) is 23.1 Å². The maximum absolute atomic E-state index is 13.0. The largest absolute Gasteiger partial charge is 0.376 e. The molecule has 0 bridgehead atoms. The minimum absolute atomic E-state index is 0.0729. The fourth-order valence-electron chi connectivity index (χ4n) is 4.36. The van der Waals surface area contributed by atoms with Crippen molar-refractivity contribution >= 4 is 15.9 Å². The highest BCUT2D eigenvalue weighted by Crippen LogP contribution is 2.26. The molecular weight excluding hydrogens is 378 g/mol. The standard InChI is InChI=1S/C20H29N3O4S/c1-16-14-21(11-12-27-16)15-20(24)22-7-9-23(10-8-22)28(25,26)19-6-5-17-3-2-4-18(17)13-19/h5-6,13,16H,2-4,7-12,14-15H2,1H3. The first kappa shape index (κ1) is 19.8. The number of aryl methyl sites for hydroxylation is 2. The van der Waals surface area contributed by atoms with Crippen LogP contribution in [0.4, 0.5) is 0 Å². The Hall–Kier alpha value is -1.48. The number of sulfonamides is 1. The molecule has 1 unspecified atom stereocenters. The average Bonchev–Trinajstić information content (AvgIpc) is 3.16. The van der Waals surface area contributed by atoms with E-state index < -0.39 is 10.0 Å². The van der Waals surface area contributed by atoms with Crippen molar-refractivity contribution in [3.05, 3.63) is 29.3 Å². The van der Waals surface area contributed by atoms with Crippen molar-refractivity contribution < 1.29 is 17.9 Å². The molecule has 1 amide bonds. The van der Waals surface area contributed by atoms with Crippen molar-refractivity contribution in [3.8, 4) is 0 Å². The maximum Gasteiger partial charge on any atom is 0.243 e. The normalized spacial score (nSPS) is 24.3. The van der Waals surface area contributed by atoms with Crippen LogP contribution in [0.25, 0.3) is 0 Å². The molecule has 0 radical (unpaired) electrons. The lowest BCUT2D eigenvalue weighted by molar-refractivity contribution is -0.135. The molecular formula is C20H29N3O4S. The minimum Gasteiger partial charge on any atom is -0.376 e. The number of amides is 1. The lowest BCUT2D eigenvalue weighted by atomic mass is 10.1. The van der Waals surface area contributed by atoms with Gasteiger partial charge in [-0.3, -0.25) is 9.69 Å². The summed E-state index contributed by atoms with van der Waals surface area (Å²) in [6.07, 6.45) is 3.25. The Labute approximate surface area is 167 Å². The number of rotatable bonds is 4. The van der Waals surface area contributed by atoms with E-state index in [4.69, 9.17) is 4.74 Å². The Kier molecular flexibility index (Phi) is 5.73. The van der Waals surface area contributed by atoms with Crippen LogP contribution in [0.5, 0.6) is 0 Å². The number of hydrogen-bond acceptors (Lipinski definition) is 5. The molecule has 0 spiro atoms. The van der Waals surface area contributed by atoms with Gasteiger partial charge < -0.3 is 9.64 Å². The van der Waals surface area contributed by atoms with Gasteiger partial charge in [0.2, 0.25) is 15.9 Å². The lowest BCUT2D eigenvalue weighted by Crippen LogP contribution is -2.53. The summed E-state index contributed by atoms with van der Waals surface area (Å²) in [5.74, 6) is 0.0729. The van der Waals surface area contributed by atoms with Crippen LogP contribution in [0.2, 0.25) is 0 Å². The molecule has 2 saturated heterocycles. The van der Waals surface area contributed by atoms with E-state index in [2.05, 4.69) is 4.90 Å². The quantitative estimate of drug-likeness (QED) is 0.736. The predicted molar refractivity (Wildman–Crippen MR) is 106 cm³/mol. The van der Waals surface area contributed by atoms with E-state index in [1.54, 1.807) is 11.0 Å². The molecule has 3 aliphatic rings. The Morgan fingerprint density at radius 3 is 2.61 bits per heavy atom. The third-order valence-electron chi connectivity index (χ3n) is 5.98. The summed E-state index contributed by atoms with van der Waals surface area (Å²) >= 11 is 0. The average molecular weight is 408 g/mol. The molecule has 0 aromatic heterocycles. The zero-order valence-electron chi connectivity index (χ0n) is 16.5. The fraction of sp³-hybridized carbons (Fsp3) is 0.650. The molecule has 7 nitrogen and oxygen atoms in total. The molecule has 8 heteroatoms. The van der Waals surface area contributed by atoms with Crippen LogP contribution in [-0.4, -0.2) is 87.0 Å². The number of hydrogen-bond donors (Lipinski definition) is 0. The zero-order chi connectivity index (χ0) is 19.7. The van der Waals surface area contributed by atoms with Gasteiger partial charge in [0.25, 0.3) is 0 Å². The van der Waals surface area contributed by atoms with Gasteiger partial charge in [-0.2, -0.15) is 4.31 Å². The van der Waals surface area contributed by atoms with Crippen LogP contribution in [0, 0.1) is 0 Å². The van der Waals surface area contributed by atoms with E-state index >= 15 is 0 Å². The second kappa shape index (κ2) is 8.10. The van der Waals surface area contributed by atoms with Crippen molar-refractivity contribution in [3.63, 3.8) is 0 Å². The summed E-state index contributed by atoms with van der Waals surface area (Å²) in [4.78, 5) is 16.9. The summed E-state index contributed by atoms with van der Waals surface area (Å²) in [5.41, 5.74) is 2.43. The molecule has 4 rings (SSSR count). The van der Waals surface area contributed by atoms with Crippen LogP contribution in [0.3, 0.4) is 0 Å². The Bertz CT molecular complexity index is 834. The second-order valence-corrected chi connectivity index (χ2v) is 9.92. The summed E-state index contributed by atoms with van der Waals surface area (Å²) < 4.78 is 33.1. The molecule has 0 saturated carbocycles. The number of nitrogens with zero attached hydrogens (tertiary/aromatic N) is 3. The number of carbonyl (C=O) groups is 1. The number of ether oxygens (including phenoxy) is 1. The van der Waals surface area contributed by atoms with Gasteiger partial charge in [0.05, 0.1) is 24.2 Å². The van der Waals surface area contributed by atoms with Gasteiger partial charge in [-0.1, -0.05) is 6.07 Å². The molecule has 1 aromatic carbocycles. The number of benzene rings is 1. The highest BCUT2D eigenvalue weighted by atomic mass is 32.2. The van der Waals surface area contributed by atoms with E-state index in [-0.39, 0.29) is 12.0 Å². The molecule has 2 heterocycles. The van der Waals surface area contributed by atoms with Gasteiger partial charge >= 0.3 is 0 Å². The Morgan fingerprint density at radius 2 is 1.86 bits per heavy atom. The predicted octanol–water partition coefficient (Wildman–Crippen LogP) is 0.729. The number of fused-ring (bicyclic) bond motifs is 1. The molecule has 2 fully saturated rings. The Morgan fingerprint density at radius 1 is 1.11 bits per heavy atom. The van der Waals surface area contributed by atoms with Crippen molar-refractivity contribution in [2.24, 2.45) is 0 Å². The number of morpholine rings is 1. The topological polar surface area (TPSA) is 70.2 Å². The summed E-state index contributed by atoms with van der Waals surface area (Å²) in [6, 6.07) is 5.53. The monoisotopic (exact) mass is 407 g/mol. The SMILES string of the molecule is CC1CN(CC(=O)N2CCN(S(=O)(=O)c3ccc4c(c3)CCC4)CC2)CCO1. The highest BCUT2D eigenvalue weighted by Gasteiger charge is 2.31. The molecule has 154 valence electrons. The van der Waals surface area contributed by atoms with E-state index in [0.717, 1.165) is 37.9 Å². The number of carbonyl (C=O) groups excluding carboxylic acids is 1. The van der Waals surface area contributed by atoms with Crippen LogP contribution >= 0.6 is 0 Å². The fourth-order valence-corrected chi connectivity index (χ4v) is 5.83. The molecule has 28 heavy (non-hydrogen) atoms. The first-order valence-electron chi connectivity index (χ1n) is 10.2. The first-order valence-corrected chi connectivity index (χ1v) is 11.6. The third kappa shape index (κ3) is 4.10. The molecule has 2 aliphatic heterocycles. The molecule has 0 N–H and O–H groups in total. The first-order chi connectivity index (χ1) is 13.4. The van der Waals surface area contributed by atoms with Crippen molar-refractivity contribution in [1.82, 2.24) is 14.1 Å². The van der Waals surface area contributed by atoms with Crippen molar-refractivity contribution in [2.75, 3.05) is 52.4 Å². The van der Waals surface area contributed by atoms with Gasteiger partial charge in [0, 0.05) is 39.3 Å². The van der Waals surface area contributed by atoms with Gasteiger partial charge in [0.15, 0.2) is 0 Å². The van der Waals surface area contributed by atoms with E-state index in [9.17, 15) is 13.2 Å². The van der Waals surface area contributed by atoms with Crippen molar-refractivity contribution in [1.29, 1.82) is 0 Å². The van der Waals surface area contributed by atoms with Crippen LogP contribution in [-0.2, 0) is 32.4 Å². The second-order valence-electron chi connectivity index (χ2n) is 7.99. The van der Waals surface area contributed by atoms with E-state index in [1.165, 1.54) is 9.87 Å². The zero-order valence-corrected chi connectivity index (χ0v) is 17.3. The maximum atomic E-state index is 13.0. The summed E-state index contributed by atoms with van der Waals surface area (Å²) in [7, 11) is -3.50. The smallest absolute Gasteiger partial charge is 0.243 e. The van der Waals surface area contributed by atoms with Crippen molar-refractivity contribution in [2.45, 2.75) is 37.2 Å². The highest BCUT2D eigenvalue weighted by molar-refractivity contribution is 7.89. The van der Waals surface area contributed by atoms with Gasteiger partial charge in [-0.05, 0) is 49.4 Å². The van der Waals surface area contributed by atoms with E-state index in [1.807, 2.05) is 19.1 Å². The van der Waals surface area contributed by atoms with Gasteiger partial charge in [0.1, 0.15) is 0 Å². The lowest BCUT2D eigenvalue weighted by Gasteiger charge is -2.36. The summed E-state index contributed by atoms with van der Waals surface area (Å²) in [6.45, 7) is 6.17. The van der Waals surface area contributed by atoms with E-state index in [0.29, 0.717) is 44.2 Å². The molecule has 1 aromatic rings. The molecule has 1 atom stereocenters. The van der Waals surface area contributed by atoms with Crippen LogP contribution < -0.4 is 0 Å². The molecule has 1 aliphatic carbocycles.